The van der Waals surface area contributed by atoms with Crippen LogP contribution in [0.5, 0.6) is 0 Å². The van der Waals surface area contributed by atoms with Gasteiger partial charge in [-0.25, -0.2) is 4.39 Å². The quantitative estimate of drug-likeness (QED) is 0.903. The van der Waals surface area contributed by atoms with E-state index < -0.39 is 0 Å². The van der Waals surface area contributed by atoms with E-state index in [1.54, 1.807) is 12.1 Å². The fourth-order valence-electron chi connectivity index (χ4n) is 2.26. The minimum Gasteiger partial charge on any atom is -0.324 e. The first-order valence-corrected chi connectivity index (χ1v) is 7.01. The molecule has 1 unspecified atom stereocenters. The largest absolute Gasteiger partial charge is 0.324 e. The van der Waals surface area contributed by atoms with Gasteiger partial charge in [-0.15, -0.1) is 0 Å². The molecule has 0 fully saturated rings. The Hall–Kier alpha value is -1.72. The average molecular weight is 335 g/mol. The predicted octanol–water partition coefficient (Wildman–Crippen LogP) is 3.37. The second-order valence-corrected chi connectivity index (χ2v) is 5.58. The molecule has 0 bridgehead atoms. The highest BCUT2D eigenvalue weighted by Crippen LogP contribution is 2.33. The zero-order chi connectivity index (χ0) is 14.1. The van der Waals surface area contributed by atoms with E-state index in [2.05, 4.69) is 26.6 Å². The van der Waals surface area contributed by atoms with Gasteiger partial charge >= 0.3 is 0 Å². The van der Waals surface area contributed by atoms with E-state index in [1.165, 1.54) is 12.1 Å². The van der Waals surface area contributed by atoms with E-state index >= 15 is 0 Å². The molecule has 0 saturated carbocycles. The monoisotopic (exact) mass is 334 g/mol. The normalized spacial score (nSPS) is 16.9. The summed E-state index contributed by atoms with van der Waals surface area (Å²) in [6.45, 7) is 0.508. The van der Waals surface area contributed by atoms with Crippen molar-refractivity contribution in [3.05, 3.63) is 63.9 Å². The topological polar surface area (TPSA) is 41.1 Å². The number of anilines is 1. The Morgan fingerprint density at radius 1 is 1.20 bits per heavy atom. The Kier molecular flexibility index (Phi) is 3.54. The zero-order valence-corrected chi connectivity index (χ0v) is 12.1. The lowest BCUT2D eigenvalue weighted by atomic mass is 10.1. The summed E-state index contributed by atoms with van der Waals surface area (Å²) < 4.78 is 13.8. The molecule has 1 atom stereocenters. The number of benzene rings is 2. The second-order valence-electron chi connectivity index (χ2n) is 4.66. The third-order valence-electron chi connectivity index (χ3n) is 3.27. The molecule has 2 aromatic rings. The van der Waals surface area contributed by atoms with Crippen LogP contribution in [0, 0.1) is 5.82 Å². The summed E-state index contributed by atoms with van der Waals surface area (Å²) in [5, 5.41) is 6.04. The third kappa shape index (κ3) is 2.59. The van der Waals surface area contributed by atoms with Crippen molar-refractivity contribution < 1.29 is 9.18 Å². The molecule has 0 spiro atoms. The molecule has 5 heteroatoms. The van der Waals surface area contributed by atoms with E-state index in [9.17, 15) is 9.18 Å². The van der Waals surface area contributed by atoms with Crippen LogP contribution in [0.3, 0.4) is 0 Å². The van der Waals surface area contributed by atoms with Crippen molar-refractivity contribution in [2.75, 3.05) is 5.32 Å². The molecular weight excluding hydrogens is 323 g/mol. The van der Waals surface area contributed by atoms with Crippen molar-refractivity contribution >= 4 is 27.5 Å². The highest BCUT2D eigenvalue weighted by molar-refractivity contribution is 9.10. The predicted molar refractivity (Wildman–Crippen MR) is 78.8 cm³/mol. The van der Waals surface area contributed by atoms with Gasteiger partial charge in [0.15, 0.2) is 0 Å². The first kappa shape index (κ1) is 13.3. The molecule has 1 amide bonds. The first-order chi connectivity index (χ1) is 9.63. The number of halogens is 2. The molecule has 1 heterocycles. The maximum Gasteiger partial charge on any atom is 0.246 e. The molecule has 3 nitrogen and oxygen atoms in total. The van der Waals surface area contributed by atoms with Crippen molar-refractivity contribution in [3.63, 3.8) is 0 Å². The lowest BCUT2D eigenvalue weighted by Gasteiger charge is -2.11. The fraction of sp³-hybridized carbons (Fsp3) is 0.133. The van der Waals surface area contributed by atoms with E-state index in [-0.39, 0.29) is 17.8 Å². The van der Waals surface area contributed by atoms with Crippen LogP contribution in [0.15, 0.2) is 46.9 Å². The van der Waals surface area contributed by atoms with E-state index in [1.807, 2.05) is 18.2 Å². The van der Waals surface area contributed by atoms with Gasteiger partial charge in [0.25, 0.3) is 0 Å². The number of hydrogen-bond donors (Lipinski definition) is 2. The van der Waals surface area contributed by atoms with E-state index in [0.717, 1.165) is 21.3 Å². The van der Waals surface area contributed by atoms with Gasteiger partial charge in [0.2, 0.25) is 5.91 Å². The number of carbonyl (C=O) groups excluding carboxylic acids is 1. The Labute approximate surface area is 124 Å². The standard InChI is InChI=1S/C15H12BrFN2O/c16-10-3-6-12-13(7-10)19-15(20)14(12)18-8-9-1-4-11(17)5-2-9/h1-7,14,18H,8H2,(H,19,20). The molecule has 3 rings (SSSR count). The molecule has 1 aliphatic rings. The lowest BCUT2D eigenvalue weighted by Crippen LogP contribution is -2.27. The maximum atomic E-state index is 12.8. The van der Waals surface area contributed by atoms with Crippen LogP contribution < -0.4 is 10.6 Å². The summed E-state index contributed by atoms with van der Waals surface area (Å²) >= 11 is 3.38. The van der Waals surface area contributed by atoms with Gasteiger partial charge in [-0.05, 0) is 29.8 Å². The summed E-state index contributed by atoms with van der Waals surface area (Å²) in [6, 6.07) is 11.6. The van der Waals surface area contributed by atoms with Crippen LogP contribution in [0.2, 0.25) is 0 Å². The van der Waals surface area contributed by atoms with Crippen molar-refractivity contribution in [3.8, 4) is 0 Å². The van der Waals surface area contributed by atoms with E-state index in [4.69, 9.17) is 0 Å². The second kappa shape index (κ2) is 5.34. The number of nitrogens with one attached hydrogen (secondary N) is 2. The van der Waals surface area contributed by atoms with Gasteiger partial charge in [-0.2, -0.15) is 0 Å². The number of carbonyl (C=O) groups is 1. The summed E-state index contributed by atoms with van der Waals surface area (Å²) in [5.74, 6) is -0.331. The molecule has 2 aromatic carbocycles. The summed E-state index contributed by atoms with van der Waals surface area (Å²) in [7, 11) is 0. The van der Waals surface area contributed by atoms with Crippen molar-refractivity contribution in [1.82, 2.24) is 5.32 Å². The van der Waals surface area contributed by atoms with Crippen LogP contribution in [0.4, 0.5) is 10.1 Å². The number of amides is 1. The fourth-order valence-corrected chi connectivity index (χ4v) is 2.62. The molecule has 0 aromatic heterocycles. The highest BCUT2D eigenvalue weighted by Gasteiger charge is 2.29. The van der Waals surface area contributed by atoms with Gasteiger partial charge < -0.3 is 5.32 Å². The average Bonchev–Trinajstić information content (AvgIpc) is 2.73. The SMILES string of the molecule is O=C1Nc2cc(Br)ccc2C1NCc1ccc(F)cc1. The van der Waals surface area contributed by atoms with Gasteiger partial charge in [0, 0.05) is 22.3 Å². The van der Waals surface area contributed by atoms with Crippen molar-refractivity contribution in [1.29, 1.82) is 0 Å². The number of hydrogen-bond acceptors (Lipinski definition) is 2. The Bertz CT molecular complexity index is 657. The van der Waals surface area contributed by atoms with Gasteiger partial charge in [-0.3, -0.25) is 10.1 Å². The van der Waals surface area contributed by atoms with E-state index in [0.29, 0.717) is 6.54 Å². The maximum absolute atomic E-state index is 12.8. The first-order valence-electron chi connectivity index (χ1n) is 6.21. The Morgan fingerprint density at radius 3 is 2.70 bits per heavy atom. The molecule has 0 radical (unpaired) electrons. The molecule has 0 saturated heterocycles. The van der Waals surface area contributed by atoms with Gasteiger partial charge in [0.1, 0.15) is 11.9 Å². The van der Waals surface area contributed by atoms with Crippen LogP contribution in [-0.4, -0.2) is 5.91 Å². The molecule has 20 heavy (non-hydrogen) atoms. The van der Waals surface area contributed by atoms with Gasteiger partial charge in [-0.1, -0.05) is 34.1 Å². The smallest absolute Gasteiger partial charge is 0.246 e. The minimum atomic E-state index is -0.372. The van der Waals surface area contributed by atoms with Crippen molar-refractivity contribution in [2.24, 2.45) is 0 Å². The number of rotatable bonds is 3. The number of fused-ring (bicyclic) bond motifs is 1. The molecular formula is C15H12BrFN2O. The molecule has 2 N–H and O–H groups in total. The van der Waals surface area contributed by atoms with Gasteiger partial charge in [0.05, 0.1) is 0 Å². The summed E-state index contributed by atoms with van der Waals surface area (Å²) in [6.07, 6.45) is 0. The van der Waals surface area contributed by atoms with Crippen LogP contribution in [-0.2, 0) is 11.3 Å². The third-order valence-corrected chi connectivity index (χ3v) is 3.76. The molecule has 0 aliphatic carbocycles. The highest BCUT2D eigenvalue weighted by atomic mass is 79.9. The zero-order valence-electron chi connectivity index (χ0n) is 10.5. The Morgan fingerprint density at radius 2 is 1.95 bits per heavy atom. The van der Waals surface area contributed by atoms with Crippen molar-refractivity contribution in [2.45, 2.75) is 12.6 Å². The lowest BCUT2D eigenvalue weighted by molar-refractivity contribution is -0.117. The summed E-state index contributed by atoms with van der Waals surface area (Å²) in [5.41, 5.74) is 2.69. The summed E-state index contributed by atoms with van der Waals surface area (Å²) in [4.78, 5) is 12.0. The molecule has 1 aliphatic heterocycles. The minimum absolute atomic E-state index is 0.0692. The van der Waals surface area contributed by atoms with Crippen LogP contribution >= 0.6 is 15.9 Å². The molecule has 102 valence electrons. The Balaban J connectivity index is 1.75. The van der Waals surface area contributed by atoms with Crippen LogP contribution in [0.25, 0.3) is 0 Å². The van der Waals surface area contributed by atoms with Crippen LogP contribution in [0.1, 0.15) is 17.2 Å².